The van der Waals surface area contributed by atoms with E-state index in [-0.39, 0.29) is 15.4 Å². The van der Waals surface area contributed by atoms with Crippen LogP contribution in [0.25, 0.3) is 0 Å². The van der Waals surface area contributed by atoms with Gasteiger partial charge in [0.05, 0.1) is 4.92 Å². The van der Waals surface area contributed by atoms with Gasteiger partial charge in [0.2, 0.25) is 0 Å². The summed E-state index contributed by atoms with van der Waals surface area (Å²) in [5, 5.41) is 17.1. The molecule has 0 unspecified atom stereocenters. The van der Waals surface area contributed by atoms with Crippen LogP contribution in [0.1, 0.15) is 13.8 Å². The predicted octanol–water partition coefficient (Wildman–Crippen LogP) is 3.19. The molecule has 18 heavy (non-hydrogen) atoms. The van der Waals surface area contributed by atoms with E-state index in [0.717, 1.165) is 0 Å². The van der Waals surface area contributed by atoms with Gasteiger partial charge >= 0.3 is 5.69 Å². The summed E-state index contributed by atoms with van der Waals surface area (Å²) in [6, 6.07) is 5.23. The van der Waals surface area contributed by atoms with Gasteiger partial charge in [-0.15, -0.1) is 0 Å². The standard InChI is InChI=1S/C12H19N3O2S/c1-12(2,18-4)8-14-10-7-5-6-9(13-3)11(10)15(16)17/h5-7,13-14H,8H2,1-4H3. The van der Waals surface area contributed by atoms with Gasteiger partial charge in [-0.3, -0.25) is 10.1 Å². The van der Waals surface area contributed by atoms with E-state index in [1.54, 1.807) is 37.0 Å². The van der Waals surface area contributed by atoms with Gasteiger partial charge in [-0.2, -0.15) is 11.8 Å². The van der Waals surface area contributed by atoms with Gasteiger partial charge in [-0.25, -0.2) is 0 Å². The molecular formula is C12H19N3O2S. The number of hydrogen-bond acceptors (Lipinski definition) is 5. The third-order valence-corrected chi connectivity index (χ3v) is 3.99. The maximum Gasteiger partial charge on any atom is 0.315 e. The molecule has 0 atom stereocenters. The molecule has 1 aromatic rings. The first-order chi connectivity index (χ1) is 8.41. The molecule has 0 saturated carbocycles. The lowest BCUT2D eigenvalue weighted by molar-refractivity contribution is -0.383. The third kappa shape index (κ3) is 3.53. The maximum absolute atomic E-state index is 11.1. The van der Waals surface area contributed by atoms with Gasteiger partial charge in [0.15, 0.2) is 0 Å². The summed E-state index contributed by atoms with van der Waals surface area (Å²) in [5.41, 5.74) is 1.16. The Morgan fingerprint density at radius 3 is 2.50 bits per heavy atom. The molecule has 2 N–H and O–H groups in total. The van der Waals surface area contributed by atoms with Crippen molar-refractivity contribution >= 4 is 28.8 Å². The number of nitro groups is 1. The van der Waals surface area contributed by atoms with E-state index in [2.05, 4.69) is 24.5 Å². The Morgan fingerprint density at radius 2 is 2.00 bits per heavy atom. The lowest BCUT2D eigenvalue weighted by Gasteiger charge is -2.23. The fraction of sp³-hybridized carbons (Fsp3) is 0.500. The second kappa shape index (κ2) is 5.95. The average Bonchev–Trinajstić information content (AvgIpc) is 2.35. The van der Waals surface area contributed by atoms with Crippen LogP contribution in [-0.2, 0) is 0 Å². The zero-order valence-corrected chi connectivity index (χ0v) is 11.9. The number of para-hydroxylation sites is 1. The van der Waals surface area contributed by atoms with E-state index < -0.39 is 0 Å². The van der Waals surface area contributed by atoms with Crippen molar-refractivity contribution in [3.63, 3.8) is 0 Å². The van der Waals surface area contributed by atoms with Crippen molar-refractivity contribution in [1.29, 1.82) is 0 Å². The van der Waals surface area contributed by atoms with E-state index in [0.29, 0.717) is 17.9 Å². The Balaban J connectivity index is 2.99. The second-order valence-corrected chi connectivity index (χ2v) is 6.04. The first-order valence-electron chi connectivity index (χ1n) is 5.65. The van der Waals surface area contributed by atoms with Crippen LogP contribution >= 0.6 is 11.8 Å². The van der Waals surface area contributed by atoms with Gasteiger partial charge in [-0.05, 0) is 32.2 Å². The number of anilines is 2. The third-order valence-electron chi connectivity index (χ3n) is 2.75. The molecule has 1 aromatic carbocycles. The number of nitrogens with zero attached hydrogens (tertiary/aromatic N) is 1. The Morgan fingerprint density at radius 1 is 1.39 bits per heavy atom. The maximum atomic E-state index is 11.1. The Bertz CT molecular complexity index is 435. The quantitative estimate of drug-likeness (QED) is 0.613. The summed E-state index contributed by atoms with van der Waals surface area (Å²) in [4.78, 5) is 10.8. The van der Waals surface area contributed by atoms with Crippen LogP contribution in [0.4, 0.5) is 17.1 Å². The SMILES string of the molecule is CNc1cccc(NCC(C)(C)SC)c1[N+](=O)[O-]. The summed E-state index contributed by atoms with van der Waals surface area (Å²) >= 11 is 1.72. The topological polar surface area (TPSA) is 67.2 Å². The first kappa shape index (κ1) is 14.6. The number of benzene rings is 1. The van der Waals surface area contributed by atoms with Crippen molar-refractivity contribution in [2.24, 2.45) is 0 Å². The number of nitrogens with one attached hydrogen (secondary N) is 2. The molecule has 0 radical (unpaired) electrons. The monoisotopic (exact) mass is 269 g/mol. The highest BCUT2D eigenvalue weighted by atomic mass is 32.2. The van der Waals surface area contributed by atoms with Crippen molar-refractivity contribution < 1.29 is 4.92 Å². The summed E-state index contributed by atoms with van der Waals surface area (Å²) < 4.78 is 0.0313. The highest BCUT2D eigenvalue weighted by Crippen LogP contribution is 2.33. The van der Waals surface area contributed by atoms with E-state index >= 15 is 0 Å². The van der Waals surface area contributed by atoms with Crippen molar-refractivity contribution in [3.8, 4) is 0 Å². The Labute approximate surface area is 111 Å². The molecular weight excluding hydrogens is 250 g/mol. The number of thioether (sulfide) groups is 1. The van der Waals surface area contributed by atoms with Crippen LogP contribution in [0.2, 0.25) is 0 Å². The average molecular weight is 269 g/mol. The van der Waals surface area contributed by atoms with Crippen LogP contribution in [0.15, 0.2) is 18.2 Å². The number of rotatable bonds is 6. The van der Waals surface area contributed by atoms with E-state index in [1.165, 1.54) is 0 Å². The highest BCUT2D eigenvalue weighted by molar-refractivity contribution is 7.99. The molecule has 0 aliphatic carbocycles. The first-order valence-corrected chi connectivity index (χ1v) is 6.88. The van der Waals surface area contributed by atoms with Crippen LogP contribution in [0, 0.1) is 10.1 Å². The molecule has 0 aliphatic rings. The van der Waals surface area contributed by atoms with Gasteiger partial charge in [-0.1, -0.05) is 6.07 Å². The zero-order valence-electron chi connectivity index (χ0n) is 11.1. The van der Waals surface area contributed by atoms with Gasteiger partial charge in [0.25, 0.3) is 0 Å². The molecule has 6 heteroatoms. The number of hydrogen-bond donors (Lipinski definition) is 2. The Kier molecular flexibility index (Phi) is 4.84. The van der Waals surface area contributed by atoms with Crippen LogP contribution in [-0.4, -0.2) is 29.5 Å². The lowest BCUT2D eigenvalue weighted by atomic mass is 10.2. The predicted molar refractivity (Wildman–Crippen MR) is 78.7 cm³/mol. The van der Waals surface area contributed by atoms with E-state index in [1.807, 2.05) is 6.26 Å². The summed E-state index contributed by atoms with van der Waals surface area (Å²) in [7, 11) is 1.68. The second-order valence-electron chi connectivity index (χ2n) is 4.53. The van der Waals surface area contributed by atoms with E-state index in [9.17, 15) is 10.1 Å². The van der Waals surface area contributed by atoms with Crippen molar-refractivity contribution in [2.45, 2.75) is 18.6 Å². The summed E-state index contributed by atoms with van der Waals surface area (Å²) in [5.74, 6) is 0. The summed E-state index contributed by atoms with van der Waals surface area (Å²) in [6.45, 7) is 4.86. The molecule has 1 rings (SSSR count). The van der Waals surface area contributed by atoms with E-state index in [4.69, 9.17) is 0 Å². The largest absolute Gasteiger partial charge is 0.382 e. The molecule has 0 aliphatic heterocycles. The molecule has 0 bridgehead atoms. The van der Waals surface area contributed by atoms with Gasteiger partial charge in [0.1, 0.15) is 11.4 Å². The fourth-order valence-electron chi connectivity index (χ4n) is 1.46. The van der Waals surface area contributed by atoms with Crippen LogP contribution in [0.5, 0.6) is 0 Å². The van der Waals surface area contributed by atoms with Crippen LogP contribution in [0.3, 0.4) is 0 Å². The highest BCUT2D eigenvalue weighted by Gasteiger charge is 2.21. The van der Waals surface area contributed by atoms with Crippen molar-refractivity contribution in [3.05, 3.63) is 28.3 Å². The summed E-state index contributed by atoms with van der Waals surface area (Å²) in [6.07, 6.45) is 2.03. The molecule has 100 valence electrons. The van der Waals surface area contributed by atoms with Crippen molar-refractivity contribution in [1.82, 2.24) is 0 Å². The molecule has 0 heterocycles. The minimum absolute atomic E-state index is 0.0313. The smallest absolute Gasteiger partial charge is 0.315 e. The lowest BCUT2D eigenvalue weighted by Crippen LogP contribution is -2.26. The van der Waals surface area contributed by atoms with Gasteiger partial charge < -0.3 is 10.6 Å². The molecule has 0 spiro atoms. The molecule has 0 aromatic heterocycles. The minimum atomic E-state index is -0.361. The van der Waals surface area contributed by atoms with Crippen LogP contribution < -0.4 is 10.6 Å². The molecule has 5 nitrogen and oxygen atoms in total. The molecule has 0 fully saturated rings. The number of nitro benzene ring substituents is 1. The normalized spacial score (nSPS) is 11.1. The molecule has 0 saturated heterocycles. The zero-order chi connectivity index (χ0) is 13.8. The van der Waals surface area contributed by atoms with Crippen molar-refractivity contribution in [2.75, 3.05) is 30.5 Å². The van der Waals surface area contributed by atoms with Gasteiger partial charge in [0, 0.05) is 18.3 Å². The fourth-order valence-corrected chi connectivity index (χ4v) is 1.68. The molecule has 0 amide bonds. The minimum Gasteiger partial charge on any atom is -0.382 e. The Hall–Kier alpha value is -1.43.